The van der Waals surface area contributed by atoms with Crippen LogP contribution in [0.4, 0.5) is 10.5 Å². The second kappa shape index (κ2) is 8.33. The lowest BCUT2D eigenvalue weighted by Gasteiger charge is -2.30. The highest BCUT2D eigenvalue weighted by Crippen LogP contribution is 2.18. The summed E-state index contributed by atoms with van der Waals surface area (Å²) in [5.74, 6) is -1.29. The number of likely N-dealkylation sites (tertiary alicyclic amines) is 1. The molecule has 1 aliphatic heterocycles. The number of nitrogens with one attached hydrogen (secondary N) is 1. The van der Waals surface area contributed by atoms with Crippen LogP contribution in [0.1, 0.15) is 18.4 Å². The average Bonchev–Trinajstić information content (AvgIpc) is 2.61. The lowest BCUT2D eigenvalue weighted by atomic mass is 9.99. The Morgan fingerprint density at radius 1 is 1.25 bits per heavy atom. The summed E-state index contributed by atoms with van der Waals surface area (Å²) in [7, 11) is 1.31. The molecule has 0 aromatic heterocycles. The zero-order valence-corrected chi connectivity index (χ0v) is 13.9. The van der Waals surface area contributed by atoms with Crippen molar-refractivity contribution in [2.75, 3.05) is 32.1 Å². The number of methoxy groups -OCH3 is 1. The molecule has 1 atom stereocenters. The summed E-state index contributed by atoms with van der Waals surface area (Å²) in [4.78, 5) is 36.9. The van der Waals surface area contributed by atoms with Crippen LogP contribution < -0.4 is 5.32 Å². The summed E-state index contributed by atoms with van der Waals surface area (Å²) >= 11 is 0. The van der Waals surface area contributed by atoms with Crippen molar-refractivity contribution in [1.29, 1.82) is 0 Å². The second-order valence-electron chi connectivity index (χ2n) is 5.78. The number of carbonyl (C=O) groups excluding carboxylic acids is 3. The molecule has 0 spiro atoms. The molecule has 0 aliphatic carbocycles. The molecular weight excluding hydrogens is 312 g/mol. The molecule has 1 N–H and O–H groups in total. The number of anilines is 1. The van der Waals surface area contributed by atoms with Crippen LogP contribution in [0.25, 0.3) is 0 Å². The normalized spacial score (nSPS) is 17.1. The van der Waals surface area contributed by atoms with Crippen LogP contribution in [-0.2, 0) is 19.1 Å². The van der Waals surface area contributed by atoms with Crippen molar-refractivity contribution in [1.82, 2.24) is 4.90 Å². The number of carbonyl (C=O) groups is 3. The van der Waals surface area contributed by atoms with Crippen molar-refractivity contribution >= 4 is 23.7 Å². The number of rotatable bonds is 4. The molecule has 1 unspecified atom stereocenters. The maximum atomic E-state index is 12.1. The molecule has 0 radical (unpaired) electrons. The van der Waals surface area contributed by atoms with Crippen LogP contribution in [0.2, 0.25) is 0 Å². The molecule has 1 fully saturated rings. The Kier molecular flexibility index (Phi) is 6.17. The van der Waals surface area contributed by atoms with Gasteiger partial charge in [-0.15, -0.1) is 0 Å². The average molecular weight is 334 g/mol. The fraction of sp³-hybridized carbons (Fsp3) is 0.471. The van der Waals surface area contributed by atoms with Gasteiger partial charge in [-0.1, -0.05) is 17.7 Å². The molecule has 1 heterocycles. The Labute approximate surface area is 140 Å². The van der Waals surface area contributed by atoms with E-state index >= 15 is 0 Å². The van der Waals surface area contributed by atoms with Gasteiger partial charge in [-0.05, 0) is 31.9 Å². The highest BCUT2D eigenvalue weighted by Gasteiger charge is 2.30. The summed E-state index contributed by atoms with van der Waals surface area (Å²) in [5.41, 5.74) is 1.74. The highest BCUT2D eigenvalue weighted by molar-refractivity contribution is 5.92. The zero-order chi connectivity index (χ0) is 17.5. The maximum absolute atomic E-state index is 12.1. The molecular formula is C17H22N2O5. The van der Waals surface area contributed by atoms with Crippen LogP contribution >= 0.6 is 0 Å². The summed E-state index contributed by atoms with van der Waals surface area (Å²) in [5, 5.41) is 2.66. The van der Waals surface area contributed by atoms with Gasteiger partial charge in [0, 0.05) is 18.8 Å². The van der Waals surface area contributed by atoms with E-state index in [0.29, 0.717) is 25.1 Å². The van der Waals surface area contributed by atoms with E-state index in [4.69, 9.17) is 4.74 Å². The monoisotopic (exact) mass is 334 g/mol. The van der Waals surface area contributed by atoms with E-state index in [1.807, 2.05) is 19.1 Å². The highest BCUT2D eigenvalue weighted by atomic mass is 16.5. The predicted molar refractivity (Wildman–Crippen MR) is 87.5 cm³/mol. The molecule has 0 bridgehead atoms. The molecule has 130 valence electrons. The van der Waals surface area contributed by atoms with Crippen LogP contribution in [0.15, 0.2) is 24.3 Å². The van der Waals surface area contributed by atoms with E-state index in [1.165, 1.54) is 12.0 Å². The summed E-state index contributed by atoms with van der Waals surface area (Å²) in [6.07, 6.45) is 0.876. The lowest BCUT2D eigenvalue weighted by molar-refractivity contribution is -0.153. The Morgan fingerprint density at radius 2 is 1.96 bits per heavy atom. The standard InChI is InChI=1S/C17H22N2O5/c1-12-5-7-14(8-6-12)18-15(20)11-24-16(21)13-4-3-9-19(10-13)17(22)23-2/h5-8,13H,3-4,9-11H2,1-2H3,(H,18,20). The third-order valence-corrected chi connectivity index (χ3v) is 3.87. The smallest absolute Gasteiger partial charge is 0.409 e. The Bertz CT molecular complexity index is 600. The van der Waals surface area contributed by atoms with Gasteiger partial charge in [0.25, 0.3) is 5.91 Å². The third-order valence-electron chi connectivity index (χ3n) is 3.87. The fourth-order valence-corrected chi connectivity index (χ4v) is 2.55. The van der Waals surface area contributed by atoms with Gasteiger partial charge in [-0.2, -0.15) is 0 Å². The third kappa shape index (κ3) is 4.97. The van der Waals surface area contributed by atoms with Gasteiger partial charge in [0.2, 0.25) is 0 Å². The van der Waals surface area contributed by atoms with Crippen LogP contribution in [0.5, 0.6) is 0 Å². The Morgan fingerprint density at radius 3 is 2.62 bits per heavy atom. The predicted octanol–water partition coefficient (Wildman–Crippen LogP) is 1.96. The molecule has 1 aromatic carbocycles. The zero-order valence-electron chi connectivity index (χ0n) is 13.9. The number of amides is 2. The molecule has 2 amide bonds. The molecule has 2 rings (SSSR count). The topological polar surface area (TPSA) is 84.9 Å². The quantitative estimate of drug-likeness (QED) is 0.851. The van der Waals surface area contributed by atoms with Gasteiger partial charge in [0.1, 0.15) is 0 Å². The minimum Gasteiger partial charge on any atom is -0.455 e. The number of esters is 1. The van der Waals surface area contributed by atoms with E-state index < -0.39 is 23.9 Å². The summed E-state index contributed by atoms with van der Waals surface area (Å²) < 4.78 is 9.73. The largest absolute Gasteiger partial charge is 0.455 e. The van der Waals surface area contributed by atoms with E-state index in [1.54, 1.807) is 12.1 Å². The van der Waals surface area contributed by atoms with Gasteiger partial charge in [-0.25, -0.2) is 4.79 Å². The molecule has 1 saturated heterocycles. The van der Waals surface area contributed by atoms with Gasteiger partial charge in [0.15, 0.2) is 6.61 Å². The first-order valence-electron chi connectivity index (χ1n) is 7.85. The van der Waals surface area contributed by atoms with E-state index in [2.05, 4.69) is 10.1 Å². The summed E-state index contributed by atoms with van der Waals surface area (Å²) in [6, 6.07) is 7.32. The van der Waals surface area contributed by atoms with Crippen LogP contribution in [-0.4, -0.2) is 49.7 Å². The van der Waals surface area contributed by atoms with Crippen molar-refractivity contribution in [2.45, 2.75) is 19.8 Å². The van der Waals surface area contributed by atoms with Crippen molar-refractivity contribution in [3.05, 3.63) is 29.8 Å². The molecule has 0 saturated carbocycles. The number of ether oxygens (including phenoxy) is 2. The lowest BCUT2D eigenvalue weighted by Crippen LogP contribution is -2.43. The van der Waals surface area contributed by atoms with Gasteiger partial charge in [-0.3, -0.25) is 9.59 Å². The Hall–Kier alpha value is -2.57. The number of benzene rings is 1. The first-order valence-corrected chi connectivity index (χ1v) is 7.85. The molecule has 7 nitrogen and oxygen atoms in total. The van der Waals surface area contributed by atoms with E-state index in [9.17, 15) is 14.4 Å². The first-order chi connectivity index (χ1) is 11.5. The van der Waals surface area contributed by atoms with Gasteiger partial charge in [0.05, 0.1) is 13.0 Å². The van der Waals surface area contributed by atoms with Crippen molar-refractivity contribution in [3.8, 4) is 0 Å². The van der Waals surface area contributed by atoms with E-state index in [-0.39, 0.29) is 13.2 Å². The number of hydrogen-bond donors (Lipinski definition) is 1. The molecule has 1 aliphatic rings. The molecule has 7 heteroatoms. The number of nitrogens with zero attached hydrogens (tertiary/aromatic N) is 1. The summed E-state index contributed by atoms with van der Waals surface area (Å²) in [6.45, 7) is 2.42. The second-order valence-corrected chi connectivity index (χ2v) is 5.78. The van der Waals surface area contributed by atoms with Crippen molar-refractivity contribution in [2.24, 2.45) is 5.92 Å². The van der Waals surface area contributed by atoms with Crippen LogP contribution in [0.3, 0.4) is 0 Å². The first kappa shape index (κ1) is 17.8. The van der Waals surface area contributed by atoms with E-state index in [0.717, 1.165) is 5.56 Å². The van der Waals surface area contributed by atoms with Crippen molar-refractivity contribution in [3.63, 3.8) is 0 Å². The molecule has 24 heavy (non-hydrogen) atoms. The van der Waals surface area contributed by atoms with Gasteiger partial charge < -0.3 is 19.7 Å². The van der Waals surface area contributed by atoms with Crippen molar-refractivity contribution < 1.29 is 23.9 Å². The minimum absolute atomic E-state index is 0.255. The minimum atomic E-state index is -0.470. The molecule has 1 aromatic rings. The maximum Gasteiger partial charge on any atom is 0.409 e. The SMILES string of the molecule is COC(=O)N1CCCC(C(=O)OCC(=O)Nc2ccc(C)cc2)C1. The Balaban J connectivity index is 1.78. The number of piperidine rings is 1. The fourth-order valence-electron chi connectivity index (χ4n) is 2.55. The number of aryl methyl sites for hydroxylation is 1. The van der Waals surface area contributed by atoms with Crippen LogP contribution in [0, 0.1) is 12.8 Å². The number of hydrogen-bond acceptors (Lipinski definition) is 5. The van der Waals surface area contributed by atoms with Gasteiger partial charge >= 0.3 is 12.1 Å².